The highest BCUT2D eigenvalue weighted by Gasteiger charge is 2.19. The Bertz CT molecular complexity index is 392. The second-order valence-electron chi connectivity index (χ2n) is 3.44. The first-order valence-electron chi connectivity index (χ1n) is 4.83. The first-order chi connectivity index (χ1) is 7.20. The quantitative estimate of drug-likeness (QED) is 0.767. The normalized spacial score (nSPS) is 18.6. The molecule has 1 aliphatic heterocycles. The van der Waals surface area contributed by atoms with Gasteiger partial charge in [0.15, 0.2) is 11.6 Å². The fourth-order valence-corrected chi connectivity index (χ4v) is 1.43. The number of nitrogens with zero attached hydrogens (tertiary/aromatic N) is 1. The number of carboxylic acid groups (broad SMARTS) is 1. The molecular formula is C10H12N2O3. The molecule has 1 aliphatic rings. The van der Waals surface area contributed by atoms with Gasteiger partial charge in [0.25, 0.3) is 0 Å². The van der Waals surface area contributed by atoms with Crippen LogP contribution < -0.4 is 10.1 Å². The molecule has 1 aromatic rings. The van der Waals surface area contributed by atoms with Crippen molar-refractivity contribution in [2.45, 2.75) is 19.4 Å². The number of hydrogen-bond donors (Lipinski definition) is 2. The van der Waals surface area contributed by atoms with E-state index in [1.54, 1.807) is 0 Å². The minimum absolute atomic E-state index is 0.144. The van der Waals surface area contributed by atoms with Crippen molar-refractivity contribution in [2.24, 2.45) is 0 Å². The van der Waals surface area contributed by atoms with E-state index in [0.29, 0.717) is 18.2 Å². The van der Waals surface area contributed by atoms with Crippen LogP contribution in [0.4, 0.5) is 5.82 Å². The smallest absolute Gasteiger partial charge is 0.337 e. The number of pyridine rings is 1. The molecule has 2 rings (SSSR count). The maximum atomic E-state index is 10.7. The first kappa shape index (κ1) is 9.76. The van der Waals surface area contributed by atoms with Crippen LogP contribution in [0.15, 0.2) is 12.3 Å². The molecule has 0 aliphatic carbocycles. The van der Waals surface area contributed by atoms with Crippen LogP contribution >= 0.6 is 0 Å². The molecule has 0 aromatic carbocycles. The molecule has 1 aromatic heterocycles. The fraction of sp³-hybridized carbons (Fsp3) is 0.400. The lowest BCUT2D eigenvalue weighted by Gasteiger charge is -2.25. The zero-order valence-corrected chi connectivity index (χ0v) is 8.36. The third-order valence-electron chi connectivity index (χ3n) is 2.37. The predicted octanol–water partition coefficient (Wildman–Crippen LogP) is 1.36. The van der Waals surface area contributed by atoms with Crippen molar-refractivity contribution in [2.75, 3.05) is 11.9 Å². The van der Waals surface area contributed by atoms with Crippen molar-refractivity contribution >= 4 is 11.8 Å². The second kappa shape index (κ2) is 3.76. The number of anilines is 1. The molecule has 0 saturated carbocycles. The summed E-state index contributed by atoms with van der Waals surface area (Å²) in [6.45, 7) is 2.60. The molecule has 5 heteroatoms. The Balaban J connectivity index is 2.28. The van der Waals surface area contributed by atoms with Gasteiger partial charge in [0.1, 0.15) is 6.61 Å². The maximum absolute atomic E-state index is 10.7. The Morgan fingerprint density at radius 1 is 1.80 bits per heavy atom. The number of nitrogens with one attached hydrogen (secondary N) is 1. The topological polar surface area (TPSA) is 71.5 Å². The van der Waals surface area contributed by atoms with Crippen molar-refractivity contribution in [1.29, 1.82) is 0 Å². The largest absolute Gasteiger partial charge is 0.488 e. The predicted molar refractivity (Wildman–Crippen MR) is 54.4 cm³/mol. The van der Waals surface area contributed by atoms with E-state index in [-0.39, 0.29) is 11.6 Å². The zero-order valence-electron chi connectivity index (χ0n) is 8.36. The van der Waals surface area contributed by atoms with Gasteiger partial charge in [-0.05, 0) is 6.42 Å². The van der Waals surface area contributed by atoms with Gasteiger partial charge in [0.05, 0.1) is 11.6 Å². The lowest BCUT2D eigenvalue weighted by Crippen LogP contribution is -2.31. The van der Waals surface area contributed by atoms with E-state index in [9.17, 15) is 4.79 Å². The summed E-state index contributed by atoms with van der Waals surface area (Å²) in [7, 11) is 0. The van der Waals surface area contributed by atoms with Crippen LogP contribution in [0, 0.1) is 0 Å². The molecule has 2 heterocycles. The molecule has 2 N–H and O–H groups in total. The van der Waals surface area contributed by atoms with E-state index < -0.39 is 5.97 Å². The van der Waals surface area contributed by atoms with Gasteiger partial charge in [-0.15, -0.1) is 0 Å². The third kappa shape index (κ3) is 1.86. The van der Waals surface area contributed by atoms with Gasteiger partial charge in [-0.3, -0.25) is 0 Å². The first-order valence-corrected chi connectivity index (χ1v) is 4.83. The van der Waals surface area contributed by atoms with Gasteiger partial charge in [-0.1, -0.05) is 6.92 Å². The van der Waals surface area contributed by atoms with Crippen molar-refractivity contribution in [3.05, 3.63) is 17.8 Å². The molecule has 5 nitrogen and oxygen atoms in total. The molecular weight excluding hydrogens is 196 g/mol. The summed E-state index contributed by atoms with van der Waals surface area (Å²) in [5, 5.41) is 12.0. The molecule has 0 saturated heterocycles. The molecule has 0 unspecified atom stereocenters. The summed E-state index contributed by atoms with van der Waals surface area (Å²) in [6.07, 6.45) is 2.28. The van der Waals surface area contributed by atoms with E-state index in [4.69, 9.17) is 9.84 Å². The van der Waals surface area contributed by atoms with Gasteiger partial charge >= 0.3 is 5.97 Å². The number of carbonyl (C=O) groups is 1. The Labute approximate surface area is 87.1 Å². The van der Waals surface area contributed by atoms with Crippen molar-refractivity contribution in [1.82, 2.24) is 4.98 Å². The Morgan fingerprint density at radius 2 is 2.60 bits per heavy atom. The molecule has 0 amide bonds. The highest BCUT2D eigenvalue weighted by Crippen LogP contribution is 2.27. The van der Waals surface area contributed by atoms with E-state index in [1.807, 2.05) is 0 Å². The number of carboxylic acids is 1. The summed E-state index contributed by atoms with van der Waals surface area (Å²) in [6, 6.07) is 1.74. The van der Waals surface area contributed by atoms with Gasteiger partial charge < -0.3 is 15.2 Å². The van der Waals surface area contributed by atoms with E-state index in [0.717, 1.165) is 6.42 Å². The van der Waals surface area contributed by atoms with Crippen molar-refractivity contribution < 1.29 is 14.6 Å². The fourth-order valence-electron chi connectivity index (χ4n) is 1.43. The van der Waals surface area contributed by atoms with Crippen LogP contribution in [0.5, 0.6) is 5.75 Å². The summed E-state index contributed by atoms with van der Waals surface area (Å²) < 4.78 is 5.43. The van der Waals surface area contributed by atoms with Crippen molar-refractivity contribution in [3.63, 3.8) is 0 Å². The average molecular weight is 208 g/mol. The molecule has 15 heavy (non-hydrogen) atoms. The highest BCUT2D eigenvalue weighted by molar-refractivity contribution is 5.88. The molecule has 0 spiro atoms. The summed E-state index contributed by atoms with van der Waals surface area (Å²) in [5.74, 6) is 0.143. The van der Waals surface area contributed by atoms with Gasteiger partial charge in [0.2, 0.25) is 0 Å². The van der Waals surface area contributed by atoms with Crippen LogP contribution in [-0.4, -0.2) is 28.7 Å². The lowest BCUT2D eigenvalue weighted by molar-refractivity contribution is 0.0696. The van der Waals surface area contributed by atoms with Gasteiger partial charge in [-0.2, -0.15) is 0 Å². The molecule has 0 bridgehead atoms. The average Bonchev–Trinajstić information content (AvgIpc) is 2.27. The van der Waals surface area contributed by atoms with Gasteiger partial charge in [-0.25, -0.2) is 9.78 Å². The van der Waals surface area contributed by atoms with Crippen molar-refractivity contribution in [3.8, 4) is 5.75 Å². The number of fused-ring (bicyclic) bond motifs is 1. The van der Waals surface area contributed by atoms with E-state index >= 15 is 0 Å². The van der Waals surface area contributed by atoms with E-state index in [2.05, 4.69) is 17.2 Å². The Hall–Kier alpha value is -1.78. The number of aromatic carboxylic acids is 1. The minimum Gasteiger partial charge on any atom is -0.488 e. The number of rotatable bonds is 2. The van der Waals surface area contributed by atoms with Crippen LogP contribution in [0.2, 0.25) is 0 Å². The number of aromatic nitrogens is 1. The summed E-state index contributed by atoms with van der Waals surface area (Å²) in [5.41, 5.74) is 0.144. The second-order valence-corrected chi connectivity index (χ2v) is 3.44. The van der Waals surface area contributed by atoms with Crippen LogP contribution in [0.3, 0.4) is 0 Å². The standard InChI is InChI=1S/C10H12N2O3/c1-2-7-5-15-8-3-6(10(13)14)4-11-9(8)12-7/h3-4,7H,2,5H2,1H3,(H,11,12)(H,13,14)/t7-/m1/s1. The van der Waals surface area contributed by atoms with E-state index in [1.165, 1.54) is 12.3 Å². The molecule has 0 radical (unpaired) electrons. The molecule has 1 atom stereocenters. The highest BCUT2D eigenvalue weighted by atomic mass is 16.5. The number of hydrogen-bond acceptors (Lipinski definition) is 4. The number of ether oxygens (including phenoxy) is 1. The monoisotopic (exact) mass is 208 g/mol. The van der Waals surface area contributed by atoms with Crippen LogP contribution in [-0.2, 0) is 0 Å². The maximum Gasteiger partial charge on any atom is 0.337 e. The van der Waals surface area contributed by atoms with Gasteiger partial charge in [0, 0.05) is 12.3 Å². The summed E-state index contributed by atoms with van der Waals surface area (Å²) in [4.78, 5) is 14.7. The SMILES string of the molecule is CC[C@@H]1COc2cc(C(=O)O)cnc2N1. The molecule has 0 fully saturated rings. The summed E-state index contributed by atoms with van der Waals surface area (Å²) >= 11 is 0. The minimum atomic E-state index is -0.994. The lowest BCUT2D eigenvalue weighted by atomic mass is 10.2. The third-order valence-corrected chi connectivity index (χ3v) is 2.37. The Kier molecular flexibility index (Phi) is 2.45. The Morgan fingerprint density at radius 3 is 3.27 bits per heavy atom. The van der Waals surface area contributed by atoms with Crippen LogP contribution in [0.25, 0.3) is 0 Å². The zero-order chi connectivity index (χ0) is 10.8. The molecule has 80 valence electrons. The van der Waals surface area contributed by atoms with Crippen LogP contribution in [0.1, 0.15) is 23.7 Å².